The van der Waals surface area contributed by atoms with Crippen LogP contribution in [0.15, 0.2) is 34.2 Å². The maximum atomic E-state index is 12.8. The third kappa shape index (κ3) is 7.26. The van der Waals surface area contributed by atoms with Gasteiger partial charge in [0.15, 0.2) is 5.96 Å². The Kier molecular flexibility index (Phi) is 9.89. The van der Waals surface area contributed by atoms with Crippen molar-refractivity contribution in [2.75, 3.05) is 31.9 Å². The lowest BCUT2D eigenvalue weighted by Gasteiger charge is -2.32. The average molecular weight is 453 g/mol. The second kappa shape index (κ2) is 11.1. The molecule has 0 aromatic heterocycles. The number of rotatable bonds is 5. The molecule has 7 heteroatoms. The minimum absolute atomic E-state index is 0. The molecule has 4 nitrogen and oxygen atoms in total. The first kappa shape index (κ1) is 20.5. The number of guanidine groups is 1. The standard InChI is InChI=1S/C16H24FN3OS.HI/c1-2-18-16(20-10-7-14(21)8-11-20)19-9-12-22-15-5-3-13(17)4-6-15;/h3-6,14,21H,2,7-12H2,1H3,(H,18,19);1H. The van der Waals surface area contributed by atoms with Gasteiger partial charge in [0.25, 0.3) is 0 Å². The SMILES string of the molecule is CCNC(=NCCSc1ccc(F)cc1)N1CCC(O)CC1.I. The van der Waals surface area contributed by atoms with E-state index in [2.05, 4.69) is 22.1 Å². The first-order valence-corrected chi connectivity index (χ1v) is 8.77. The molecule has 1 fully saturated rings. The van der Waals surface area contributed by atoms with Crippen molar-refractivity contribution in [1.82, 2.24) is 10.2 Å². The van der Waals surface area contributed by atoms with E-state index in [0.29, 0.717) is 6.54 Å². The lowest BCUT2D eigenvalue weighted by Crippen LogP contribution is -2.46. The fourth-order valence-corrected chi connectivity index (χ4v) is 3.10. The summed E-state index contributed by atoms with van der Waals surface area (Å²) in [5.41, 5.74) is 0. The molecule has 0 atom stereocenters. The highest BCUT2D eigenvalue weighted by molar-refractivity contribution is 14.0. The summed E-state index contributed by atoms with van der Waals surface area (Å²) < 4.78 is 12.8. The molecule has 130 valence electrons. The molecule has 0 aliphatic carbocycles. The van der Waals surface area contributed by atoms with Gasteiger partial charge in [-0.25, -0.2) is 4.39 Å². The highest BCUT2D eigenvalue weighted by atomic mass is 127. The van der Waals surface area contributed by atoms with Gasteiger partial charge in [-0.1, -0.05) is 0 Å². The normalized spacial score (nSPS) is 16.1. The van der Waals surface area contributed by atoms with E-state index in [1.807, 2.05) is 0 Å². The average Bonchev–Trinajstić information content (AvgIpc) is 2.53. The summed E-state index contributed by atoms with van der Waals surface area (Å²) in [5, 5.41) is 12.9. The van der Waals surface area contributed by atoms with E-state index < -0.39 is 0 Å². The summed E-state index contributed by atoms with van der Waals surface area (Å²) in [7, 11) is 0. The molecule has 0 spiro atoms. The molecule has 1 heterocycles. The summed E-state index contributed by atoms with van der Waals surface area (Å²) in [6.07, 6.45) is 1.43. The Bertz CT molecular complexity index is 479. The molecule has 1 aromatic carbocycles. The van der Waals surface area contributed by atoms with E-state index in [9.17, 15) is 9.50 Å². The lowest BCUT2D eigenvalue weighted by molar-refractivity contribution is 0.108. The fourth-order valence-electron chi connectivity index (χ4n) is 2.35. The number of likely N-dealkylation sites (tertiary alicyclic amines) is 1. The monoisotopic (exact) mass is 453 g/mol. The van der Waals surface area contributed by atoms with E-state index in [4.69, 9.17) is 0 Å². The van der Waals surface area contributed by atoms with Gasteiger partial charge in [0, 0.05) is 30.3 Å². The van der Waals surface area contributed by atoms with Gasteiger partial charge in [0.1, 0.15) is 5.82 Å². The van der Waals surface area contributed by atoms with Gasteiger partial charge in [0.2, 0.25) is 0 Å². The van der Waals surface area contributed by atoms with Crippen molar-refractivity contribution in [3.05, 3.63) is 30.1 Å². The quantitative estimate of drug-likeness (QED) is 0.237. The summed E-state index contributed by atoms with van der Waals surface area (Å²) >= 11 is 1.68. The Morgan fingerprint density at radius 3 is 2.61 bits per heavy atom. The zero-order chi connectivity index (χ0) is 15.8. The summed E-state index contributed by atoms with van der Waals surface area (Å²) in [6.45, 7) is 5.30. The number of nitrogens with one attached hydrogen (secondary N) is 1. The highest BCUT2D eigenvalue weighted by Gasteiger charge is 2.19. The van der Waals surface area contributed by atoms with Gasteiger partial charge in [-0.15, -0.1) is 35.7 Å². The number of benzene rings is 1. The Morgan fingerprint density at radius 1 is 1.35 bits per heavy atom. The molecule has 0 bridgehead atoms. The molecule has 0 radical (unpaired) electrons. The molecule has 0 saturated carbocycles. The molecule has 1 saturated heterocycles. The van der Waals surface area contributed by atoms with Crippen LogP contribution in [0.2, 0.25) is 0 Å². The van der Waals surface area contributed by atoms with Gasteiger partial charge < -0.3 is 15.3 Å². The topological polar surface area (TPSA) is 47.9 Å². The minimum atomic E-state index is -0.205. The predicted octanol–water partition coefficient (Wildman–Crippen LogP) is 2.96. The molecular formula is C16H25FIN3OS. The zero-order valence-corrected chi connectivity index (χ0v) is 16.5. The number of aliphatic imine (C=N–C) groups is 1. The number of nitrogens with zero attached hydrogens (tertiary/aromatic N) is 2. The van der Waals surface area contributed by atoms with Crippen LogP contribution < -0.4 is 5.32 Å². The number of halogens is 2. The number of hydrogen-bond donors (Lipinski definition) is 2. The van der Waals surface area contributed by atoms with E-state index in [0.717, 1.165) is 49.1 Å². The molecular weight excluding hydrogens is 428 g/mol. The third-order valence-electron chi connectivity index (χ3n) is 3.53. The lowest BCUT2D eigenvalue weighted by atomic mass is 10.1. The van der Waals surface area contributed by atoms with Crippen LogP contribution in [0.1, 0.15) is 19.8 Å². The molecule has 23 heavy (non-hydrogen) atoms. The molecule has 1 aliphatic rings. The van der Waals surface area contributed by atoms with Gasteiger partial charge >= 0.3 is 0 Å². The van der Waals surface area contributed by atoms with Crippen molar-refractivity contribution >= 4 is 41.7 Å². The Morgan fingerprint density at radius 2 is 2.00 bits per heavy atom. The van der Waals surface area contributed by atoms with Crippen LogP contribution in [0.25, 0.3) is 0 Å². The Labute approximate surface area is 159 Å². The van der Waals surface area contributed by atoms with Gasteiger partial charge in [-0.05, 0) is 44.0 Å². The number of aliphatic hydroxyl groups is 1. The van der Waals surface area contributed by atoms with Crippen LogP contribution in [0.3, 0.4) is 0 Å². The summed E-state index contributed by atoms with van der Waals surface area (Å²) in [6, 6.07) is 6.55. The first-order valence-electron chi connectivity index (χ1n) is 7.78. The number of piperidine rings is 1. The van der Waals surface area contributed by atoms with Crippen molar-refractivity contribution in [3.8, 4) is 0 Å². The molecule has 0 unspecified atom stereocenters. The molecule has 2 N–H and O–H groups in total. The van der Waals surface area contributed by atoms with Crippen LogP contribution in [0, 0.1) is 5.82 Å². The maximum Gasteiger partial charge on any atom is 0.193 e. The fraction of sp³-hybridized carbons (Fsp3) is 0.562. The van der Waals surface area contributed by atoms with Crippen LogP contribution in [-0.4, -0.2) is 54.0 Å². The van der Waals surface area contributed by atoms with Crippen molar-refractivity contribution in [2.24, 2.45) is 4.99 Å². The zero-order valence-electron chi connectivity index (χ0n) is 13.4. The predicted molar refractivity (Wildman–Crippen MR) is 105 cm³/mol. The van der Waals surface area contributed by atoms with Crippen molar-refractivity contribution in [1.29, 1.82) is 0 Å². The molecule has 2 rings (SSSR count). The minimum Gasteiger partial charge on any atom is -0.393 e. The maximum absolute atomic E-state index is 12.8. The van der Waals surface area contributed by atoms with Gasteiger partial charge in [-0.3, -0.25) is 4.99 Å². The first-order chi connectivity index (χ1) is 10.7. The van der Waals surface area contributed by atoms with Crippen molar-refractivity contribution < 1.29 is 9.50 Å². The molecule has 1 aliphatic heterocycles. The number of aliphatic hydroxyl groups excluding tert-OH is 1. The van der Waals surface area contributed by atoms with E-state index in [1.54, 1.807) is 23.9 Å². The molecule has 0 amide bonds. The number of hydrogen-bond acceptors (Lipinski definition) is 3. The van der Waals surface area contributed by atoms with Crippen LogP contribution in [0.5, 0.6) is 0 Å². The number of thioether (sulfide) groups is 1. The van der Waals surface area contributed by atoms with Crippen molar-refractivity contribution in [3.63, 3.8) is 0 Å². The Hall–Kier alpha value is -0.540. The van der Waals surface area contributed by atoms with Gasteiger partial charge in [0.05, 0.1) is 12.6 Å². The smallest absolute Gasteiger partial charge is 0.193 e. The summed E-state index contributed by atoms with van der Waals surface area (Å²) in [5.74, 6) is 1.58. The van der Waals surface area contributed by atoms with Crippen LogP contribution in [0.4, 0.5) is 4.39 Å². The second-order valence-electron chi connectivity index (χ2n) is 5.26. The van der Waals surface area contributed by atoms with E-state index >= 15 is 0 Å². The molecule has 1 aromatic rings. The van der Waals surface area contributed by atoms with Crippen LogP contribution in [-0.2, 0) is 0 Å². The highest BCUT2D eigenvalue weighted by Crippen LogP contribution is 2.17. The van der Waals surface area contributed by atoms with Gasteiger partial charge in [-0.2, -0.15) is 0 Å². The van der Waals surface area contributed by atoms with E-state index in [1.165, 1.54) is 12.1 Å². The van der Waals surface area contributed by atoms with Crippen molar-refractivity contribution in [2.45, 2.75) is 30.8 Å². The van der Waals surface area contributed by atoms with E-state index in [-0.39, 0.29) is 35.9 Å². The Balaban J connectivity index is 0.00000264. The second-order valence-corrected chi connectivity index (χ2v) is 6.42. The third-order valence-corrected chi connectivity index (χ3v) is 4.53. The largest absolute Gasteiger partial charge is 0.393 e. The van der Waals surface area contributed by atoms with Crippen LogP contribution >= 0.6 is 35.7 Å². The summed E-state index contributed by atoms with van der Waals surface area (Å²) in [4.78, 5) is 7.91.